The third-order valence-corrected chi connectivity index (χ3v) is 5.08. The van der Waals surface area contributed by atoms with Crippen LogP contribution in [0.1, 0.15) is 11.1 Å². The zero-order valence-corrected chi connectivity index (χ0v) is 13.6. The van der Waals surface area contributed by atoms with E-state index in [4.69, 9.17) is 5.84 Å². The molecule has 0 radical (unpaired) electrons. The molecule has 2 N–H and O–H groups in total. The number of benzene rings is 2. The number of nitrogens with two attached hydrogens (primary N) is 1. The number of hydrogen-bond donors (Lipinski definition) is 1. The first kappa shape index (κ1) is 15.0. The number of aromatic nitrogens is 3. The Morgan fingerprint density at radius 2 is 1.14 bits per heavy atom. The fraction of sp³-hybridized carbons (Fsp3) is 0.125. The van der Waals surface area contributed by atoms with Crippen molar-refractivity contribution < 1.29 is 0 Å². The molecule has 4 nitrogen and oxygen atoms in total. The highest BCUT2D eigenvalue weighted by molar-refractivity contribution is 7.99. The van der Waals surface area contributed by atoms with E-state index in [0.717, 1.165) is 21.8 Å². The smallest absolute Gasteiger partial charge is 0.210 e. The second-order valence-electron chi connectivity index (χ2n) is 4.68. The van der Waals surface area contributed by atoms with Gasteiger partial charge in [0.05, 0.1) is 0 Å². The first-order valence-corrected chi connectivity index (χ1v) is 8.84. The Hall–Kier alpha value is -1.92. The minimum Gasteiger partial charge on any atom is -0.335 e. The predicted molar refractivity (Wildman–Crippen MR) is 92.2 cm³/mol. The van der Waals surface area contributed by atoms with Crippen LogP contribution in [0.3, 0.4) is 0 Å². The molecule has 22 heavy (non-hydrogen) atoms. The Kier molecular flexibility index (Phi) is 5.03. The van der Waals surface area contributed by atoms with Gasteiger partial charge in [-0.1, -0.05) is 84.2 Å². The molecule has 0 saturated heterocycles. The average molecular weight is 328 g/mol. The number of hydrogen-bond acceptors (Lipinski definition) is 5. The minimum atomic E-state index is 0.736. The van der Waals surface area contributed by atoms with E-state index >= 15 is 0 Å². The molecular weight excluding hydrogens is 312 g/mol. The van der Waals surface area contributed by atoms with Crippen LogP contribution in [0, 0.1) is 0 Å². The fourth-order valence-electron chi connectivity index (χ4n) is 1.90. The largest absolute Gasteiger partial charge is 0.335 e. The van der Waals surface area contributed by atoms with Crippen molar-refractivity contribution in [2.24, 2.45) is 0 Å². The molecule has 0 aliphatic carbocycles. The quantitative estimate of drug-likeness (QED) is 0.554. The maximum absolute atomic E-state index is 6.08. The molecule has 3 aromatic rings. The zero-order chi connectivity index (χ0) is 15.2. The van der Waals surface area contributed by atoms with E-state index < -0.39 is 0 Å². The van der Waals surface area contributed by atoms with E-state index in [2.05, 4.69) is 34.5 Å². The van der Waals surface area contributed by atoms with Crippen molar-refractivity contribution >= 4 is 23.5 Å². The molecule has 0 bridgehead atoms. The van der Waals surface area contributed by atoms with E-state index in [-0.39, 0.29) is 0 Å². The van der Waals surface area contributed by atoms with Crippen LogP contribution >= 0.6 is 23.5 Å². The number of nitrogens with zero attached hydrogens (tertiary/aromatic N) is 3. The number of rotatable bonds is 6. The molecular formula is C16H16N4S2. The molecule has 6 heteroatoms. The molecule has 0 amide bonds. The van der Waals surface area contributed by atoms with Gasteiger partial charge >= 0.3 is 0 Å². The van der Waals surface area contributed by atoms with Crippen molar-refractivity contribution in [3.05, 3.63) is 71.8 Å². The van der Waals surface area contributed by atoms with Crippen LogP contribution in [-0.2, 0) is 11.5 Å². The second kappa shape index (κ2) is 7.38. The monoisotopic (exact) mass is 328 g/mol. The van der Waals surface area contributed by atoms with Crippen LogP contribution in [0.25, 0.3) is 0 Å². The average Bonchev–Trinajstić information content (AvgIpc) is 2.93. The van der Waals surface area contributed by atoms with Crippen molar-refractivity contribution in [2.45, 2.75) is 21.8 Å². The predicted octanol–water partition coefficient (Wildman–Crippen LogP) is 3.58. The lowest BCUT2D eigenvalue weighted by molar-refractivity contribution is 0.781. The molecule has 0 spiro atoms. The molecule has 1 aromatic heterocycles. The van der Waals surface area contributed by atoms with Gasteiger partial charge in [-0.25, -0.2) is 4.68 Å². The van der Waals surface area contributed by atoms with E-state index in [1.165, 1.54) is 11.1 Å². The maximum atomic E-state index is 6.08. The van der Waals surface area contributed by atoms with Crippen molar-refractivity contribution in [3.8, 4) is 0 Å². The fourth-order valence-corrected chi connectivity index (χ4v) is 3.59. The summed E-state index contributed by atoms with van der Waals surface area (Å²) in [7, 11) is 0. The summed E-state index contributed by atoms with van der Waals surface area (Å²) in [5.41, 5.74) is 2.49. The van der Waals surface area contributed by atoms with Crippen molar-refractivity contribution in [3.63, 3.8) is 0 Å². The molecule has 3 rings (SSSR count). The van der Waals surface area contributed by atoms with E-state index in [1.54, 1.807) is 28.2 Å². The lowest BCUT2D eigenvalue weighted by atomic mass is 10.2. The normalized spacial score (nSPS) is 10.7. The molecule has 2 aromatic carbocycles. The van der Waals surface area contributed by atoms with Crippen LogP contribution in [0.4, 0.5) is 0 Å². The third kappa shape index (κ3) is 3.84. The van der Waals surface area contributed by atoms with Crippen LogP contribution in [0.2, 0.25) is 0 Å². The number of nitrogen functional groups attached to an aromatic ring is 1. The van der Waals surface area contributed by atoms with Gasteiger partial charge in [0.1, 0.15) is 0 Å². The molecule has 0 unspecified atom stereocenters. The summed E-state index contributed by atoms with van der Waals surface area (Å²) in [5, 5.41) is 9.82. The zero-order valence-electron chi connectivity index (χ0n) is 11.9. The topological polar surface area (TPSA) is 56.7 Å². The Morgan fingerprint density at radius 3 is 1.55 bits per heavy atom. The van der Waals surface area contributed by atoms with Crippen molar-refractivity contribution in [1.82, 2.24) is 14.9 Å². The van der Waals surface area contributed by atoms with Gasteiger partial charge in [0, 0.05) is 11.5 Å². The molecule has 0 aliphatic heterocycles. The Bertz CT molecular complexity index is 653. The maximum Gasteiger partial charge on any atom is 0.210 e. The molecule has 0 aliphatic rings. The van der Waals surface area contributed by atoms with Gasteiger partial charge in [0.25, 0.3) is 0 Å². The van der Waals surface area contributed by atoms with E-state index in [1.807, 2.05) is 36.4 Å². The van der Waals surface area contributed by atoms with Crippen LogP contribution in [0.15, 0.2) is 71.0 Å². The summed E-state index contributed by atoms with van der Waals surface area (Å²) in [5.74, 6) is 7.75. The van der Waals surface area contributed by atoms with Gasteiger partial charge in [-0.3, -0.25) is 0 Å². The molecule has 1 heterocycles. The van der Waals surface area contributed by atoms with Gasteiger partial charge in [-0.2, -0.15) is 0 Å². The summed E-state index contributed by atoms with van der Waals surface area (Å²) < 4.78 is 1.57. The van der Waals surface area contributed by atoms with Gasteiger partial charge < -0.3 is 5.84 Å². The summed E-state index contributed by atoms with van der Waals surface area (Å²) in [6, 6.07) is 20.5. The van der Waals surface area contributed by atoms with Gasteiger partial charge in [0.15, 0.2) is 0 Å². The highest BCUT2D eigenvalue weighted by Crippen LogP contribution is 2.25. The van der Waals surface area contributed by atoms with Gasteiger partial charge in [0.2, 0.25) is 10.3 Å². The summed E-state index contributed by atoms with van der Waals surface area (Å²) in [6.45, 7) is 0. The van der Waals surface area contributed by atoms with E-state index in [9.17, 15) is 0 Å². The minimum absolute atomic E-state index is 0.736. The van der Waals surface area contributed by atoms with E-state index in [0.29, 0.717) is 0 Å². The van der Waals surface area contributed by atoms with Crippen LogP contribution < -0.4 is 5.84 Å². The Balaban J connectivity index is 1.60. The lowest BCUT2D eigenvalue weighted by Crippen LogP contribution is -2.11. The standard InChI is InChI=1S/C16H16N4S2/c17-20-15(21-11-13-7-3-1-4-8-13)18-19-16(20)22-12-14-9-5-2-6-10-14/h1-10H,11-12,17H2. The summed E-state index contributed by atoms with van der Waals surface area (Å²) >= 11 is 3.19. The molecule has 0 saturated carbocycles. The first-order valence-electron chi connectivity index (χ1n) is 6.87. The first-order chi connectivity index (χ1) is 10.8. The van der Waals surface area contributed by atoms with Crippen LogP contribution in [0.5, 0.6) is 0 Å². The summed E-state index contributed by atoms with van der Waals surface area (Å²) in [4.78, 5) is 0. The SMILES string of the molecule is Nn1c(SCc2ccccc2)nnc1SCc1ccccc1. The highest BCUT2D eigenvalue weighted by Gasteiger charge is 2.11. The molecule has 112 valence electrons. The lowest BCUT2D eigenvalue weighted by Gasteiger charge is -2.03. The highest BCUT2D eigenvalue weighted by atomic mass is 32.2. The van der Waals surface area contributed by atoms with Crippen molar-refractivity contribution in [1.29, 1.82) is 0 Å². The van der Waals surface area contributed by atoms with Gasteiger partial charge in [-0.15, -0.1) is 10.2 Å². The summed E-state index contributed by atoms with van der Waals surface area (Å²) in [6.07, 6.45) is 0. The van der Waals surface area contributed by atoms with Gasteiger partial charge in [-0.05, 0) is 11.1 Å². The Labute approximate surface area is 138 Å². The second-order valence-corrected chi connectivity index (χ2v) is 6.57. The molecule has 0 fully saturated rings. The number of thioether (sulfide) groups is 2. The Morgan fingerprint density at radius 1 is 0.727 bits per heavy atom. The van der Waals surface area contributed by atoms with Crippen molar-refractivity contribution in [2.75, 3.05) is 5.84 Å². The molecule has 0 atom stereocenters. The third-order valence-electron chi connectivity index (χ3n) is 3.05. The van der Waals surface area contributed by atoms with Crippen LogP contribution in [-0.4, -0.2) is 14.9 Å².